The van der Waals surface area contributed by atoms with Crippen LogP contribution in [-0.4, -0.2) is 29.3 Å². The fraction of sp³-hybridized carbons (Fsp3) is 0.833. The molecule has 0 fully saturated rings. The van der Waals surface area contributed by atoms with Crippen molar-refractivity contribution < 1.29 is 4.42 Å². The van der Waals surface area contributed by atoms with Crippen LogP contribution in [-0.2, 0) is 6.54 Å². The van der Waals surface area contributed by atoms with Crippen LogP contribution in [0.3, 0.4) is 0 Å². The molecule has 0 amide bonds. The van der Waals surface area contributed by atoms with Crippen LogP contribution in [0.15, 0.2) is 4.42 Å². The Morgan fingerprint density at radius 2 is 2.06 bits per heavy atom. The van der Waals surface area contributed by atoms with E-state index in [1.165, 1.54) is 0 Å². The van der Waals surface area contributed by atoms with E-state index in [9.17, 15) is 0 Å². The van der Waals surface area contributed by atoms with E-state index < -0.39 is 0 Å². The molecule has 17 heavy (non-hydrogen) atoms. The van der Waals surface area contributed by atoms with Crippen molar-refractivity contribution in [3.05, 3.63) is 5.89 Å². The molecule has 1 aromatic rings. The zero-order chi connectivity index (χ0) is 12.7. The van der Waals surface area contributed by atoms with Crippen molar-refractivity contribution in [3.63, 3.8) is 0 Å². The number of aromatic nitrogens is 2. The van der Waals surface area contributed by atoms with Crippen molar-refractivity contribution >= 4 is 6.01 Å². The quantitative estimate of drug-likeness (QED) is 0.706. The van der Waals surface area contributed by atoms with E-state index >= 15 is 0 Å². The molecule has 0 spiro atoms. The normalized spacial score (nSPS) is 12.7. The molecule has 1 unspecified atom stereocenters. The summed E-state index contributed by atoms with van der Waals surface area (Å²) >= 11 is 0. The number of anilines is 1. The summed E-state index contributed by atoms with van der Waals surface area (Å²) in [7, 11) is 0. The van der Waals surface area contributed by atoms with Gasteiger partial charge in [-0.05, 0) is 33.2 Å². The first-order chi connectivity index (χ1) is 8.22. The van der Waals surface area contributed by atoms with E-state index in [1.807, 2.05) is 0 Å². The minimum atomic E-state index is 0.428. The number of hydrogen-bond donors (Lipinski definition) is 1. The Bertz CT molecular complexity index is 313. The highest BCUT2D eigenvalue weighted by molar-refractivity contribution is 5.25. The third kappa shape index (κ3) is 4.00. The van der Waals surface area contributed by atoms with Crippen LogP contribution in [0.4, 0.5) is 6.01 Å². The van der Waals surface area contributed by atoms with Gasteiger partial charge in [0, 0.05) is 12.6 Å². The van der Waals surface area contributed by atoms with Crippen LogP contribution >= 0.6 is 0 Å². The van der Waals surface area contributed by atoms with Crippen LogP contribution < -0.4 is 10.2 Å². The first kappa shape index (κ1) is 14.0. The minimum absolute atomic E-state index is 0.428. The van der Waals surface area contributed by atoms with Crippen LogP contribution in [0.25, 0.3) is 0 Å². The smallest absolute Gasteiger partial charge is 0.318 e. The van der Waals surface area contributed by atoms with Gasteiger partial charge in [0.1, 0.15) is 0 Å². The zero-order valence-electron chi connectivity index (χ0n) is 11.4. The van der Waals surface area contributed by atoms with Gasteiger partial charge in [-0.3, -0.25) is 0 Å². The Labute approximate surface area is 104 Å². The Morgan fingerprint density at radius 1 is 1.29 bits per heavy atom. The topological polar surface area (TPSA) is 54.2 Å². The van der Waals surface area contributed by atoms with Crippen LogP contribution in [0, 0.1) is 0 Å². The fourth-order valence-electron chi connectivity index (χ4n) is 1.66. The average Bonchev–Trinajstić information content (AvgIpc) is 2.79. The molecular formula is C12H24N4O. The van der Waals surface area contributed by atoms with E-state index in [0.29, 0.717) is 24.5 Å². The monoisotopic (exact) mass is 240 g/mol. The predicted octanol–water partition coefficient (Wildman–Crippen LogP) is 2.19. The van der Waals surface area contributed by atoms with Gasteiger partial charge in [0.15, 0.2) is 0 Å². The molecule has 0 aliphatic heterocycles. The summed E-state index contributed by atoms with van der Waals surface area (Å²) in [5.41, 5.74) is 0. The van der Waals surface area contributed by atoms with E-state index in [-0.39, 0.29) is 0 Å². The highest BCUT2D eigenvalue weighted by Crippen LogP contribution is 2.16. The lowest BCUT2D eigenvalue weighted by Gasteiger charge is -2.24. The third-order valence-corrected chi connectivity index (χ3v) is 2.87. The third-order valence-electron chi connectivity index (χ3n) is 2.87. The van der Waals surface area contributed by atoms with Crippen LogP contribution in [0.5, 0.6) is 0 Å². The lowest BCUT2D eigenvalue weighted by molar-refractivity contribution is 0.448. The molecule has 0 saturated heterocycles. The van der Waals surface area contributed by atoms with Crippen molar-refractivity contribution in [3.8, 4) is 0 Å². The molecule has 0 radical (unpaired) electrons. The highest BCUT2D eigenvalue weighted by atomic mass is 16.4. The maximum atomic E-state index is 5.65. The molecule has 0 aromatic carbocycles. The lowest BCUT2D eigenvalue weighted by Crippen LogP contribution is -2.32. The van der Waals surface area contributed by atoms with E-state index in [4.69, 9.17) is 4.42 Å². The Hall–Kier alpha value is -1.10. The van der Waals surface area contributed by atoms with Crippen molar-refractivity contribution in [2.45, 2.75) is 53.1 Å². The summed E-state index contributed by atoms with van der Waals surface area (Å²) in [5.74, 6) is 0.662. The molecule has 0 aliphatic carbocycles. The molecule has 1 atom stereocenters. The SMILES string of the molecule is CCCNCc1nnc(N(CC)C(C)CC)o1. The maximum absolute atomic E-state index is 5.65. The summed E-state index contributed by atoms with van der Waals surface area (Å²) in [6.45, 7) is 11.1. The number of hydrogen-bond acceptors (Lipinski definition) is 5. The number of nitrogens with zero attached hydrogens (tertiary/aromatic N) is 3. The Morgan fingerprint density at radius 3 is 2.65 bits per heavy atom. The summed E-state index contributed by atoms with van der Waals surface area (Å²) in [6.07, 6.45) is 2.18. The van der Waals surface area contributed by atoms with Gasteiger partial charge in [-0.15, -0.1) is 5.10 Å². The predicted molar refractivity (Wildman–Crippen MR) is 69.1 cm³/mol. The molecule has 1 rings (SSSR count). The van der Waals surface area contributed by atoms with E-state index in [1.54, 1.807) is 0 Å². The van der Waals surface area contributed by atoms with Gasteiger partial charge in [-0.2, -0.15) is 0 Å². The number of rotatable bonds is 8. The van der Waals surface area contributed by atoms with Gasteiger partial charge in [0.25, 0.3) is 0 Å². The largest absolute Gasteiger partial charge is 0.407 e. The Balaban J connectivity index is 2.58. The molecule has 5 nitrogen and oxygen atoms in total. The van der Waals surface area contributed by atoms with Gasteiger partial charge in [0.05, 0.1) is 6.54 Å². The second-order valence-electron chi connectivity index (χ2n) is 4.20. The summed E-state index contributed by atoms with van der Waals surface area (Å²) in [5, 5.41) is 11.4. The molecule has 1 N–H and O–H groups in total. The van der Waals surface area contributed by atoms with Crippen molar-refractivity contribution in [2.24, 2.45) is 0 Å². The summed E-state index contributed by atoms with van der Waals surface area (Å²) in [4.78, 5) is 2.14. The van der Waals surface area contributed by atoms with Gasteiger partial charge in [-0.1, -0.05) is 18.9 Å². The van der Waals surface area contributed by atoms with Crippen molar-refractivity contribution in [1.29, 1.82) is 0 Å². The lowest BCUT2D eigenvalue weighted by atomic mass is 10.2. The summed E-state index contributed by atoms with van der Waals surface area (Å²) < 4.78 is 5.65. The summed E-state index contributed by atoms with van der Waals surface area (Å²) in [6, 6.07) is 1.06. The standard InChI is InChI=1S/C12H24N4O/c1-5-8-13-9-11-14-15-12(17-11)16(7-3)10(4)6-2/h10,13H,5-9H2,1-4H3. The van der Waals surface area contributed by atoms with Crippen LogP contribution in [0.1, 0.15) is 46.4 Å². The molecule has 0 bridgehead atoms. The molecule has 5 heteroatoms. The Kier molecular flexibility index (Phi) is 5.97. The van der Waals surface area contributed by atoms with Crippen LogP contribution in [0.2, 0.25) is 0 Å². The maximum Gasteiger partial charge on any atom is 0.318 e. The van der Waals surface area contributed by atoms with Crippen molar-refractivity contribution in [1.82, 2.24) is 15.5 Å². The van der Waals surface area contributed by atoms with Crippen molar-refractivity contribution in [2.75, 3.05) is 18.0 Å². The first-order valence-corrected chi connectivity index (χ1v) is 6.52. The molecule has 1 aromatic heterocycles. The second kappa shape index (κ2) is 7.27. The van der Waals surface area contributed by atoms with E-state index in [0.717, 1.165) is 25.9 Å². The molecule has 98 valence electrons. The van der Waals surface area contributed by atoms with E-state index in [2.05, 4.69) is 48.1 Å². The molecular weight excluding hydrogens is 216 g/mol. The molecule has 1 heterocycles. The molecule has 0 saturated carbocycles. The number of nitrogens with one attached hydrogen (secondary N) is 1. The zero-order valence-corrected chi connectivity index (χ0v) is 11.4. The van der Waals surface area contributed by atoms with Gasteiger partial charge in [-0.25, -0.2) is 0 Å². The van der Waals surface area contributed by atoms with Gasteiger partial charge in [0.2, 0.25) is 5.89 Å². The fourth-order valence-corrected chi connectivity index (χ4v) is 1.66. The minimum Gasteiger partial charge on any atom is -0.407 e. The first-order valence-electron chi connectivity index (χ1n) is 6.52. The average molecular weight is 240 g/mol. The van der Waals surface area contributed by atoms with Gasteiger partial charge < -0.3 is 14.6 Å². The molecule has 0 aliphatic rings. The second-order valence-corrected chi connectivity index (χ2v) is 4.20. The highest BCUT2D eigenvalue weighted by Gasteiger charge is 2.17. The van der Waals surface area contributed by atoms with Gasteiger partial charge >= 0.3 is 6.01 Å².